The summed E-state index contributed by atoms with van der Waals surface area (Å²) in [5.74, 6) is -1.16. The molecule has 6 nitrogen and oxygen atoms in total. The van der Waals surface area contributed by atoms with E-state index in [0.29, 0.717) is 5.52 Å². The highest BCUT2D eigenvalue weighted by Crippen LogP contribution is 2.23. The van der Waals surface area contributed by atoms with E-state index in [9.17, 15) is 18.0 Å². The van der Waals surface area contributed by atoms with Crippen LogP contribution >= 0.6 is 0 Å². The third-order valence-corrected chi connectivity index (χ3v) is 2.46. The third kappa shape index (κ3) is 2.99. The van der Waals surface area contributed by atoms with E-state index in [2.05, 4.69) is 10.3 Å². The van der Waals surface area contributed by atoms with Crippen molar-refractivity contribution in [1.82, 2.24) is 4.98 Å². The van der Waals surface area contributed by atoms with Gasteiger partial charge in [-0.15, -0.1) is 0 Å². The van der Waals surface area contributed by atoms with Gasteiger partial charge < -0.3 is 19.9 Å². The fraction of sp³-hybridized carbons (Fsp3) is 0.273. The summed E-state index contributed by atoms with van der Waals surface area (Å²) in [4.78, 5) is 14.6. The van der Waals surface area contributed by atoms with Gasteiger partial charge in [0.25, 0.3) is 6.01 Å². The van der Waals surface area contributed by atoms with Gasteiger partial charge >= 0.3 is 12.1 Å². The molecule has 1 atom stereocenters. The molecule has 20 heavy (non-hydrogen) atoms. The summed E-state index contributed by atoms with van der Waals surface area (Å²) in [5, 5.41) is 19.8. The van der Waals surface area contributed by atoms with Crippen molar-refractivity contribution in [3.05, 3.63) is 23.8 Å². The molecule has 1 aromatic heterocycles. The number of hydrogen-bond donors (Lipinski definition) is 3. The lowest BCUT2D eigenvalue weighted by Gasteiger charge is -2.13. The fourth-order valence-electron chi connectivity index (χ4n) is 1.43. The van der Waals surface area contributed by atoms with E-state index in [0.717, 1.165) is 0 Å². The van der Waals surface area contributed by atoms with Gasteiger partial charge in [0, 0.05) is 0 Å². The molecule has 0 aliphatic rings. The van der Waals surface area contributed by atoms with Crippen LogP contribution in [0.15, 0.2) is 22.6 Å². The number of carboxylic acid groups (broad SMARTS) is 1. The van der Waals surface area contributed by atoms with Crippen molar-refractivity contribution in [3.8, 4) is 0 Å². The SMILES string of the molecule is O=C(O)c1ccc2nc(NCC(O)C(F)(F)F)oc2c1. The highest BCUT2D eigenvalue weighted by atomic mass is 19.4. The van der Waals surface area contributed by atoms with Gasteiger partial charge in [-0.1, -0.05) is 0 Å². The molecule has 0 amide bonds. The van der Waals surface area contributed by atoms with Crippen molar-refractivity contribution in [2.75, 3.05) is 11.9 Å². The zero-order valence-corrected chi connectivity index (χ0v) is 9.81. The molecule has 2 rings (SSSR count). The van der Waals surface area contributed by atoms with Crippen molar-refractivity contribution in [3.63, 3.8) is 0 Å². The first-order valence-corrected chi connectivity index (χ1v) is 5.40. The molecular formula is C11H9F3N2O4. The predicted molar refractivity (Wildman–Crippen MR) is 61.5 cm³/mol. The molecule has 0 spiro atoms. The summed E-state index contributed by atoms with van der Waals surface area (Å²) >= 11 is 0. The van der Waals surface area contributed by atoms with Crippen LogP contribution in [0.5, 0.6) is 0 Å². The van der Waals surface area contributed by atoms with Crippen LogP contribution in [0.2, 0.25) is 0 Å². The van der Waals surface area contributed by atoms with Crippen LogP contribution in [-0.2, 0) is 0 Å². The van der Waals surface area contributed by atoms with E-state index < -0.39 is 24.8 Å². The number of aromatic carboxylic acids is 1. The zero-order valence-electron chi connectivity index (χ0n) is 9.81. The summed E-state index contributed by atoms with van der Waals surface area (Å²) < 4.78 is 41.3. The van der Waals surface area contributed by atoms with Crippen molar-refractivity contribution >= 4 is 23.1 Å². The molecule has 0 aliphatic carbocycles. The molecule has 9 heteroatoms. The number of carboxylic acids is 1. The first-order valence-electron chi connectivity index (χ1n) is 5.40. The van der Waals surface area contributed by atoms with Gasteiger partial charge in [0.15, 0.2) is 11.7 Å². The average molecular weight is 290 g/mol. The van der Waals surface area contributed by atoms with Crippen LogP contribution in [0.4, 0.5) is 19.2 Å². The maximum Gasteiger partial charge on any atom is 0.416 e. The lowest BCUT2D eigenvalue weighted by Crippen LogP contribution is -2.35. The standard InChI is InChI=1S/C11H9F3N2O4/c12-11(13,14)8(17)4-15-10-16-6-2-1-5(9(18)19)3-7(6)20-10/h1-3,8,17H,4H2,(H,15,16)(H,18,19). The molecule has 3 N–H and O–H groups in total. The van der Waals surface area contributed by atoms with E-state index >= 15 is 0 Å². The Bertz CT molecular complexity index is 638. The molecule has 1 unspecified atom stereocenters. The Balaban J connectivity index is 2.14. The molecule has 1 heterocycles. The van der Waals surface area contributed by atoms with Gasteiger partial charge in [-0.2, -0.15) is 18.2 Å². The van der Waals surface area contributed by atoms with Crippen molar-refractivity contribution in [2.24, 2.45) is 0 Å². The Morgan fingerprint density at radius 3 is 2.75 bits per heavy atom. The lowest BCUT2D eigenvalue weighted by molar-refractivity contribution is -0.198. The number of benzene rings is 1. The maximum absolute atomic E-state index is 12.1. The Morgan fingerprint density at radius 1 is 1.45 bits per heavy atom. The number of halogens is 3. The highest BCUT2D eigenvalue weighted by Gasteiger charge is 2.38. The molecule has 0 radical (unpaired) electrons. The van der Waals surface area contributed by atoms with Gasteiger partial charge in [-0.3, -0.25) is 0 Å². The number of hydrogen-bond acceptors (Lipinski definition) is 5. The minimum absolute atomic E-state index is 0.0319. The second-order valence-electron chi connectivity index (χ2n) is 3.94. The topological polar surface area (TPSA) is 95.6 Å². The average Bonchev–Trinajstić information content (AvgIpc) is 2.76. The Labute approximate surface area is 109 Å². The number of fused-ring (bicyclic) bond motifs is 1. The number of nitrogens with one attached hydrogen (secondary N) is 1. The monoisotopic (exact) mass is 290 g/mol. The number of aliphatic hydroxyl groups is 1. The number of rotatable bonds is 4. The van der Waals surface area contributed by atoms with Gasteiger partial charge in [0.2, 0.25) is 0 Å². The van der Waals surface area contributed by atoms with E-state index in [-0.39, 0.29) is 17.2 Å². The summed E-state index contributed by atoms with van der Waals surface area (Å²) in [7, 11) is 0. The van der Waals surface area contributed by atoms with Gasteiger partial charge in [-0.25, -0.2) is 4.79 Å². The van der Waals surface area contributed by atoms with Crippen molar-refractivity contribution in [1.29, 1.82) is 0 Å². The van der Waals surface area contributed by atoms with E-state index in [1.807, 2.05) is 0 Å². The fourth-order valence-corrected chi connectivity index (χ4v) is 1.43. The lowest BCUT2D eigenvalue weighted by atomic mass is 10.2. The minimum atomic E-state index is -4.74. The Kier molecular flexibility index (Phi) is 3.53. The first-order chi connectivity index (χ1) is 9.27. The van der Waals surface area contributed by atoms with Crippen LogP contribution in [0.3, 0.4) is 0 Å². The summed E-state index contributed by atoms with van der Waals surface area (Å²) in [5.41, 5.74) is 0.378. The second-order valence-corrected chi connectivity index (χ2v) is 3.94. The number of aromatic nitrogens is 1. The molecule has 0 bridgehead atoms. The molecule has 0 fully saturated rings. The first kappa shape index (κ1) is 14.1. The number of alkyl halides is 3. The molecule has 2 aromatic rings. The molecule has 1 aromatic carbocycles. The highest BCUT2D eigenvalue weighted by molar-refractivity contribution is 5.92. The normalized spacial score (nSPS) is 13.4. The maximum atomic E-state index is 12.1. The number of carbonyl (C=O) groups is 1. The summed E-state index contributed by atoms with van der Waals surface area (Å²) in [6.07, 6.45) is -7.29. The number of nitrogens with zero attached hydrogens (tertiary/aromatic N) is 1. The number of oxazole rings is 1. The van der Waals surface area contributed by atoms with Crippen LogP contribution in [0, 0.1) is 0 Å². The molecular weight excluding hydrogens is 281 g/mol. The quantitative estimate of drug-likeness (QED) is 0.795. The summed E-state index contributed by atoms with van der Waals surface area (Å²) in [6.45, 7) is -0.817. The Hall–Kier alpha value is -2.29. The third-order valence-electron chi connectivity index (χ3n) is 2.46. The van der Waals surface area contributed by atoms with E-state index in [1.165, 1.54) is 18.2 Å². The van der Waals surface area contributed by atoms with Crippen LogP contribution in [0.25, 0.3) is 11.1 Å². The van der Waals surface area contributed by atoms with E-state index in [4.69, 9.17) is 14.6 Å². The molecule has 0 aliphatic heterocycles. The second kappa shape index (κ2) is 5.00. The summed E-state index contributed by atoms with van der Waals surface area (Å²) in [6, 6.07) is 3.64. The zero-order chi connectivity index (χ0) is 14.9. The van der Waals surface area contributed by atoms with Crippen molar-refractivity contribution in [2.45, 2.75) is 12.3 Å². The Morgan fingerprint density at radius 2 is 2.15 bits per heavy atom. The van der Waals surface area contributed by atoms with Crippen molar-refractivity contribution < 1.29 is 32.6 Å². The van der Waals surface area contributed by atoms with Crippen LogP contribution in [-0.4, -0.2) is 40.0 Å². The predicted octanol–water partition coefficient (Wildman–Crippen LogP) is 1.86. The van der Waals surface area contributed by atoms with Gasteiger partial charge in [0.05, 0.1) is 12.1 Å². The number of anilines is 1. The van der Waals surface area contributed by atoms with Crippen LogP contribution < -0.4 is 5.32 Å². The smallest absolute Gasteiger partial charge is 0.416 e. The van der Waals surface area contributed by atoms with Gasteiger partial charge in [-0.05, 0) is 18.2 Å². The molecule has 0 saturated heterocycles. The minimum Gasteiger partial charge on any atom is -0.478 e. The number of aliphatic hydroxyl groups excluding tert-OH is 1. The van der Waals surface area contributed by atoms with Gasteiger partial charge in [0.1, 0.15) is 5.52 Å². The molecule has 108 valence electrons. The largest absolute Gasteiger partial charge is 0.478 e. The molecule has 0 saturated carbocycles. The van der Waals surface area contributed by atoms with Crippen LogP contribution in [0.1, 0.15) is 10.4 Å². The van der Waals surface area contributed by atoms with E-state index in [1.54, 1.807) is 0 Å².